The molecule has 5 heteroatoms. The van der Waals surface area contributed by atoms with E-state index in [0.29, 0.717) is 13.2 Å². The van der Waals surface area contributed by atoms with E-state index in [2.05, 4.69) is 10.2 Å². The van der Waals surface area contributed by atoms with E-state index in [1.54, 1.807) is 0 Å². The normalized spacial score (nSPS) is 20.9. The number of nitrogens with one attached hydrogen (secondary N) is 1. The van der Waals surface area contributed by atoms with Crippen molar-refractivity contribution in [2.45, 2.75) is 32.9 Å². The smallest absolute Gasteiger partial charge is 0.323 e. The largest absolute Gasteiger partial charge is 0.459 e. The van der Waals surface area contributed by atoms with Crippen LogP contribution in [0.2, 0.25) is 0 Å². The minimum Gasteiger partial charge on any atom is -0.459 e. The van der Waals surface area contributed by atoms with Crippen molar-refractivity contribution in [3.63, 3.8) is 0 Å². The van der Waals surface area contributed by atoms with Crippen molar-refractivity contribution in [1.29, 1.82) is 0 Å². The van der Waals surface area contributed by atoms with E-state index in [4.69, 9.17) is 9.47 Å². The van der Waals surface area contributed by atoms with Gasteiger partial charge in [0, 0.05) is 32.8 Å². The van der Waals surface area contributed by atoms with Crippen molar-refractivity contribution < 1.29 is 14.3 Å². The molecule has 1 heterocycles. The fourth-order valence-corrected chi connectivity index (χ4v) is 1.83. The summed E-state index contributed by atoms with van der Waals surface area (Å²) in [5.41, 5.74) is 0. The lowest BCUT2D eigenvalue weighted by atomic mass is 10.2. The first kappa shape index (κ1) is 14.4. The summed E-state index contributed by atoms with van der Waals surface area (Å²) in [5.74, 6) is -0.154. The summed E-state index contributed by atoms with van der Waals surface area (Å²) in [6.07, 6.45) is -0.173. The fraction of sp³-hybridized carbons (Fsp3) is 0.917. The van der Waals surface area contributed by atoms with Crippen molar-refractivity contribution in [1.82, 2.24) is 10.2 Å². The van der Waals surface area contributed by atoms with Gasteiger partial charge >= 0.3 is 5.97 Å². The first-order chi connectivity index (χ1) is 8.15. The molecule has 1 rings (SSSR count). The lowest BCUT2D eigenvalue weighted by Gasteiger charge is -2.31. The van der Waals surface area contributed by atoms with Gasteiger partial charge in [0.05, 0.1) is 6.61 Å². The standard InChI is InChI=1S/C12H24N2O3/c1-4-16-9-10(2)17-12(15)11(3)14-7-5-13-6-8-14/h10-11,13H,4-9H2,1-3H3. The third kappa shape index (κ3) is 5.02. The van der Waals surface area contributed by atoms with Gasteiger partial charge in [-0.1, -0.05) is 0 Å². The topological polar surface area (TPSA) is 50.8 Å². The molecule has 0 aromatic carbocycles. The molecule has 0 spiro atoms. The number of piperazine rings is 1. The molecule has 2 atom stereocenters. The molecule has 1 aliphatic heterocycles. The van der Waals surface area contributed by atoms with Crippen LogP contribution in [0.15, 0.2) is 0 Å². The van der Waals surface area contributed by atoms with Gasteiger partial charge in [-0.05, 0) is 20.8 Å². The maximum atomic E-state index is 11.9. The Hall–Kier alpha value is -0.650. The average Bonchev–Trinajstić information content (AvgIpc) is 2.36. The molecule has 1 fully saturated rings. The maximum Gasteiger partial charge on any atom is 0.323 e. The van der Waals surface area contributed by atoms with Gasteiger partial charge in [-0.3, -0.25) is 9.69 Å². The zero-order valence-electron chi connectivity index (χ0n) is 11.1. The molecule has 0 radical (unpaired) electrons. The first-order valence-corrected chi connectivity index (χ1v) is 6.38. The predicted molar refractivity (Wildman–Crippen MR) is 66.0 cm³/mol. The van der Waals surface area contributed by atoms with Crippen LogP contribution in [0.4, 0.5) is 0 Å². The minimum absolute atomic E-state index is 0.154. The Balaban J connectivity index is 2.29. The Morgan fingerprint density at radius 1 is 1.35 bits per heavy atom. The summed E-state index contributed by atoms with van der Waals surface area (Å²) in [5, 5.41) is 3.26. The predicted octanol–water partition coefficient (Wildman–Crippen LogP) is 0.248. The summed E-state index contributed by atoms with van der Waals surface area (Å²) in [6.45, 7) is 10.5. The Bertz CT molecular complexity index is 230. The molecule has 0 aromatic heterocycles. The van der Waals surface area contributed by atoms with Crippen molar-refractivity contribution in [3.05, 3.63) is 0 Å². The SMILES string of the molecule is CCOCC(C)OC(=O)C(C)N1CCNCC1. The van der Waals surface area contributed by atoms with Gasteiger partial charge in [0.15, 0.2) is 0 Å². The summed E-state index contributed by atoms with van der Waals surface area (Å²) >= 11 is 0. The highest BCUT2D eigenvalue weighted by atomic mass is 16.6. The van der Waals surface area contributed by atoms with Crippen LogP contribution in [0, 0.1) is 0 Å². The number of rotatable bonds is 6. The second kappa shape index (κ2) is 7.63. The van der Waals surface area contributed by atoms with Crippen molar-refractivity contribution in [3.8, 4) is 0 Å². The van der Waals surface area contributed by atoms with Crippen LogP contribution in [-0.2, 0) is 14.3 Å². The molecule has 0 bridgehead atoms. The number of nitrogens with zero attached hydrogens (tertiary/aromatic N) is 1. The van der Waals surface area contributed by atoms with Gasteiger partial charge in [-0.25, -0.2) is 0 Å². The number of hydrogen-bond donors (Lipinski definition) is 1. The molecule has 1 saturated heterocycles. The summed E-state index contributed by atoms with van der Waals surface area (Å²) in [7, 11) is 0. The van der Waals surface area contributed by atoms with E-state index in [0.717, 1.165) is 26.2 Å². The van der Waals surface area contributed by atoms with Gasteiger partial charge in [-0.15, -0.1) is 0 Å². The van der Waals surface area contributed by atoms with E-state index >= 15 is 0 Å². The van der Waals surface area contributed by atoms with Crippen molar-refractivity contribution in [2.75, 3.05) is 39.4 Å². The highest BCUT2D eigenvalue weighted by Gasteiger charge is 2.25. The van der Waals surface area contributed by atoms with Crippen LogP contribution in [0.1, 0.15) is 20.8 Å². The van der Waals surface area contributed by atoms with Crippen LogP contribution in [0.25, 0.3) is 0 Å². The highest BCUT2D eigenvalue weighted by Crippen LogP contribution is 2.05. The number of hydrogen-bond acceptors (Lipinski definition) is 5. The second-order valence-corrected chi connectivity index (χ2v) is 4.37. The first-order valence-electron chi connectivity index (χ1n) is 6.38. The molecule has 100 valence electrons. The van der Waals surface area contributed by atoms with Crippen LogP contribution < -0.4 is 5.32 Å². The molecule has 0 aromatic rings. The Kier molecular flexibility index (Phi) is 6.47. The van der Waals surface area contributed by atoms with E-state index in [1.165, 1.54) is 0 Å². The number of carbonyl (C=O) groups is 1. The monoisotopic (exact) mass is 244 g/mol. The van der Waals surface area contributed by atoms with E-state index in [-0.39, 0.29) is 18.1 Å². The van der Waals surface area contributed by atoms with Crippen LogP contribution in [0.5, 0.6) is 0 Å². The molecule has 0 amide bonds. The molecule has 1 aliphatic rings. The molecule has 0 aliphatic carbocycles. The highest BCUT2D eigenvalue weighted by molar-refractivity contribution is 5.75. The molecule has 5 nitrogen and oxygen atoms in total. The van der Waals surface area contributed by atoms with Crippen molar-refractivity contribution in [2.24, 2.45) is 0 Å². The summed E-state index contributed by atoms with van der Waals surface area (Å²) in [6, 6.07) is -0.166. The van der Waals surface area contributed by atoms with Crippen LogP contribution in [-0.4, -0.2) is 62.4 Å². The van der Waals surface area contributed by atoms with E-state index in [9.17, 15) is 4.79 Å². The molecular formula is C12H24N2O3. The minimum atomic E-state index is -0.173. The number of esters is 1. The quantitative estimate of drug-likeness (QED) is 0.679. The van der Waals surface area contributed by atoms with Crippen LogP contribution >= 0.6 is 0 Å². The lowest BCUT2D eigenvalue weighted by Crippen LogP contribution is -2.50. The number of carbonyl (C=O) groups excluding carboxylic acids is 1. The van der Waals surface area contributed by atoms with Gasteiger partial charge in [0.25, 0.3) is 0 Å². The summed E-state index contributed by atoms with van der Waals surface area (Å²) < 4.78 is 10.6. The Labute approximate surface area is 103 Å². The van der Waals surface area contributed by atoms with Crippen molar-refractivity contribution >= 4 is 5.97 Å². The Morgan fingerprint density at radius 2 is 2.00 bits per heavy atom. The third-order valence-corrected chi connectivity index (χ3v) is 2.91. The third-order valence-electron chi connectivity index (χ3n) is 2.91. The molecule has 17 heavy (non-hydrogen) atoms. The summed E-state index contributed by atoms with van der Waals surface area (Å²) in [4.78, 5) is 14.0. The lowest BCUT2D eigenvalue weighted by molar-refractivity contribution is -0.157. The van der Waals surface area contributed by atoms with Gasteiger partial charge < -0.3 is 14.8 Å². The molecular weight excluding hydrogens is 220 g/mol. The van der Waals surface area contributed by atoms with E-state index < -0.39 is 0 Å². The zero-order chi connectivity index (χ0) is 12.7. The van der Waals surface area contributed by atoms with Gasteiger partial charge in [-0.2, -0.15) is 0 Å². The zero-order valence-corrected chi connectivity index (χ0v) is 11.1. The molecule has 0 saturated carbocycles. The second-order valence-electron chi connectivity index (χ2n) is 4.37. The average molecular weight is 244 g/mol. The number of ether oxygens (including phenoxy) is 2. The van der Waals surface area contributed by atoms with Gasteiger partial charge in [0.1, 0.15) is 12.1 Å². The van der Waals surface area contributed by atoms with E-state index in [1.807, 2.05) is 20.8 Å². The van der Waals surface area contributed by atoms with Gasteiger partial charge in [0.2, 0.25) is 0 Å². The van der Waals surface area contributed by atoms with Crippen LogP contribution in [0.3, 0.4) is 0 Å². The Morgan fingerprint density at radius 3 is 2.59 bits per heavy atom. The molecule has 2 unspecified atom stereocenters. The molecule has 1 N–H and O–H groups in total. The maximum absolute atomic E-state index is 11.9. The fourth-order valence-electron chi connectivity index (χ4n) is 1.83.